The molecule has 4 heteroatoms. The van der Waals surface area contributed by atoms with Gasteiger partial charge in [-0.25, -0.2) is 4.39 Å². The quantitative estimate of drug-likeness (QED) is 0.763. The summed E-state index contributed by atoms with van der Waals surface area (Å²) < 4.78 is 19.2. The van der Waals surface area contributed by atoms with Crippen molar-refractivity contribution in [2.24, 2.45) is 5.92 Å². The Kier molecular flexibility index (Phi) is 5.74. The van der Waals surface area contributed by atoms with Gasteiger partial charge in [0.05, 0.1) is 13.2 Å². The second kappa shape index (κ2) is 8.41. The fraction of sp³-hybridized carbons (Fsp3) is 0.478. The lowest BCUT2D eigenvalue weighted by Crippen LogP contribution is -2.52. The molecule has 0 N–H and O–H groups in total. The number of anilines is 1. The van der Waals surface area contributed by atoms with E-state index in [9.17, 15) is 4.39 Å². The number of benzene rings is 2. The maximum absolute atomic E-state index is 13.1. The summed E-state index contributed by atoms with van der Waals surface area (Å²) in [7, 11) is 0. The summed E-state index contributed by atoms with van der Waals surface area (Å²) in [6, 6.07) is 16.0. The molecule has 3 nitrogen and oxygen atoms in total. The fourth-order valence-corrected chi connectivity index (χ4v) is 4.57. The third-order valence-corrected chi connectivity index (χ3v) is 6.06. The van der Waals surface area contributed by atoms with Crippen LogP contribution in [0, 0.1) is 11.7 Å². The molecule has 2 aromatic carbocycles. The van der Waals surface area contributed by atoms with Gasteiger partial charge in [-0.2, -0.15) is 0 Å². The number of piperidine rings is 1. The van der Waals surface area contributed by atoms with E-state index in [0.717, 1.165) is 44.8 Å². The molecule has 144 valence electrons. The molecular weight excluding hydrogens is 339 g/mol. The molecule has 2 aromatic rings. The highest BCUT2D eigenvalue weighted by molar-refractivity contribution is 5.58. The predicted molar refractivity (Wildman–Crippen MR) is 108 cm³/mol. The van der Waals surface area contributed by atoms with Crippen LogP contribution in [0.5, 0.6) is 0 Å². The number of ether oxygens (including phenoxy) is 1. The molecule has 1 saturated heterocycles. The smallest absolute Gasteiger partial charge is 0.123 e. The molecule has 0 amide bonds. The average Bonchev–Trinajstić information content (AvgIpc) is 3.13. The number of halogens is 1. The standard InChI is InChI=1S/C23H29FN2O/c1-2-25-13-12-23(26-14-11-19-5-3-4-6-22(19)26)20(15-25)17-27-16-18-7-9-21(24)10-8-18/h3-10,20,23H,2,11-17H2,1H3/t20-,23+/m0/s1. The first kappa shape index (κ1) is 18.5. The third kappa shape index (κ3) is 4.17. The van der Waals surface area contributed by atoms with Gasteiger partial charge in [-0.3, -0.25) is 0 Å². The highest BCUT2D eigenvalue weighted by Crippen LogP contribution is 2.34. The number of likely N-dealkylation sites (tertiary alicyclic amines) is 1. The van der Waals surface area contributed by atoms with Crippen LogP contribution < -0.4 is 4.90 Å². The SMILES string of the molecule is CCN1CC[C@@H](N2CCc3ccccc32)[C@H](COCc2ccc(F)cc2)C1. The van der Waals surface area contributed by atoms with Crippen molar-refractivity contribution < 1.29 is 9.13 Å². The van der Waals surface area contributed by atoms with Crippen LogP contribution in [0.1, 0.15) is 24.5 Å². The summed E-state index contributed by atoms with van der Waals surface area (Å²) >= 11 is 0. The second-order valence-corrected chi connectivity index (χ2v) is 7.72. The average molecular weight is 368 g/mol. The highest BCUT2D eigenvalue weighted by atomic mass is 19.1. The molecule has 0 radical (unpaired) electrons. The minimum atomic E-state index is -0.197. The monoisotopic (exact) mass is 368 g/mol. The zero-order valence-electron chi connectivity index (χ0n) is 16.1. The van der Waals surface area contributed by atoms with Gasteiger partial charge in [-0.05, 0) is 48.7 Å². The summed E-state index contributed by atoms with van der Waals surface area (Å²) in [6.45, 7) is 7.99. The normalized spacial score (nSPS) is 22.8. The Bertz CT molecular complexity index is 748. The first-order chi connectivity index (χ1) is 13.2. The lowest BCUT2D eigenvalue weighted by molar-refractivity contribution is 0.0420. The zero-order chi connectivity index (χ0) is 18.6. The van der Waals surface area contributed by atoms with E-state index in [2.05, 4.69) is 41.0 Å². The van der Waals surface area contributed by atoms with Gasteiger partial charge >= 0.3 is 0 Å². The fourth-order valence-electron chi connectivity index (χ4n) is 4.57. The summed E-state index contributed by atoms with van der Waals surface area (Å²) in [5.74, 6) is 0.294. The number of fused-ring (bicyclic) bond motifs is 1. The molecule has 0 bridgehead atoms. The minimum Gasteiger partial charge on any atom is -0.376 e. The largest absolute Gasteiger partial charge is 0.376 e. The molecule has 4 rings (SSSR count). The van der Waals surface area contributed by atoms with Crippen molar-refractivity contribution in [2.75, 3.05) is 37.7 Å². The van der Waals surface area contributed by atoms with Gasteiger partial charge in [0.15, 0.2) is 0 Å². The third-order valence-electron chi connectivity index (χ3n) is 6.06. The van der Waals surface area contributed by atoms with Crippen molar-refractivity contribution >= 4 is 5.69 Å². The van der Waals surface area contributed by atoms with Crippen LogP contribution in [0.2, 0.25) is 0 Å². The summed E-state index contributed by atoms with van der Waals surface area (Å²) in [6.07, 6.45) is 2.33. The molecular formula is C23H29FN2O. The molecule has 0 unspecified atom stereocenters. The van der Waals surface area contributed by atoms with Crippen molar-refractivity contribution in [1.29, 1.82) is 0 Å². The van der Waals surface area contributed by atoms with Crippen LogP contribution in [0.3, 0.4) is 0 Å². The van der Waals surface area contributed by atoms with Crippen LogP contribution >= 0.6 is 0 Å². The highest BCUT2D eigenvalue weighted by Gasteiger charge is 2.35. The van der Waals surface area contributed by atoms with Crippen LogP contribution in [0.4, 0.5) is 10.1 Å². The minimum absolute atomic E-state index is 0.197. The lowest BCUT2D eigenvalue weighted by atomic mass is 9.91. The maximum atomic E-state index is 13.1. The van der Waals surface area contributed by atoms with E-state index in [1.54, 1.807) is 0 Å². The molecule has 0 saturated carbocycles. The molecule has 2 aliphatic heterocycles. The predicted octanol–water partition coefficient (Wildman–Crippen LogP) is 4.12. The van der Waals surface area contributed by atoms with E-state index in [-0.39, 0.29) is 5.82 Å². The van der Waals surface area contributed by atoms with E-state index in [0.29, 0.717) is 18.6 Å². The molecule has 0 aromatic heterocycles. The Labute approximate surface area is 161 Å². The molecule has 27 heavy (non-hydrogen) atoms. The Balaban J connectivity index is 1.43. The van der Waals surface area contributed by atoms with Crippen molar-refractivity contribution in [2.45, 2.75) is 32.4 Å². The van der Waals surface area contributed by atoms with Gasteiger partial charge < -0.3 is 14.5 Å². The molecule has 0 aliphatic carbocycles. The topological polar surface area (TPSA) is 15.7 Å². The lowest BCUT2D eigenvalue weighted by Gasteiger charge is -2.43. The van der Waals surface area contributed by atoms with Crippen LogP contribution in [-0.2, 0) is 17.8 Å². The molecule has 2 aliphatic rings. The van der Waals surface area contributed by atoms with Crippen molar-refractivity contribution in [3.05, 3.63) is 65.5 Å². The molecule has 1 fully saturated rings. The van der Waals surface area contributed by atoms with E-state index >= 15 is 0 Å². The van der Waals surface area contributed by atoms with Gasteiger partial charge in [0.1, 0.15) is 5.82 Å². The number of nitrogens with zero attached hydrogens (tertiary/aromatic N) is 2. The van der Waals surface area contributed by atoms with Gasteiger partial charge in [0.25, 0.3) is 0 Å². The van der Waals surface area contributed by atoms with Gasteiger partial charge in [-0.15, -0.1) is 0 Å². The van der Waals surface area contributed by atoms with E-state index in [1.807, 2.05) is 12.1 Å². The Hall–Kier alpha value is -1.91. The summed E-state index contributed by atoms with van der Waals surface area (Å²) in [5, 5.41) is 0. The van der Waals surface area contributed by atoms with Gasteiger partial charge in [0.2, 0.25) is 0 Å². The number of rotatable bonds is 6. The van der Waals surface area contributed by atoms with Crippen molar-refractivity contribution in [3.8, 4) is 0 Å². The maximum Gasteiger partial charge on any atom is 0.123 e. The number of para-hydroxylation sites is 1. The van der Waals surface area contributed by atoms with Crippen LogP contribution in [0.25, 0.3) is 0 Å². The van der Waals surface area contributed by atoms with Crippen LogP contribution in [-0.4, -0.2) is 43.7 Å². The van der Waals surface area contributed by atoms with Gasteiger partial charge in [0, 0.05) is 37.3 Å². The van der Waals surface area contributed by atoms with E-state index < -0.39 is 0 Å². The number of hydrogen-bond donors (Lipinski definition) is 0. The Morgan fingerprint density at radius 2 is 1.89 bits per heavy atom. The molecule has 2 heterocycles. The van der Waals surface area contributed by atoms with Crippen LogP contribution in [0.15, 0.2) is 48.5 Å². The first-order valence-electron chi connectivity index (χ1n) is 10.1. The van der Waals surface area contributed by atoms with E-state index in [1.165, 1.54) is 29.8 Å². The second-order valence-electron chi connectivity index (χ2n) is 7.72. The van der Waals surface area contributed by atoms with Gasteiger partial charge in [-0.1, -0.05) is 37.3 Å². The summed E-state index contributed by atoms with van der Waals surface area (Å²) in [5.41, 5.74) is 3.92. The molecule has 2 atom stereocenters. The Morgan fingerprint density at radius 3 is 2.70 bits per heavy atom. The van der Waals surface area contributed by atoms with Crippen molar-refractivity contribution in [3.63, 3.8) is 0 Å². The zero-order valence-corrected chi connectivity index (χ0v) is 16.1. The summed E-state index contributed by atoms with van der Waals surface area (Å²) in [4.78, 5) is 5.15. The van der Waals surface area contributed by atoms with E-state index in [4.69, 9.17) is 4.74 Å². The molecule has 0 spiro atoms. The van der Waals surface area contributed by atoms with Crippen molar-refractivity contribution in [1.82, 2.24) is 4.90 Å². The first-order valence-corrected chi connectivity index (χ1v) is 10.1. The number of hydrogen-bond acceptors (Lipinski definition) is 3. The Morgan fingerprint density at radius 1 is 1.07 bits per heavy atom.